The highest BCUT2D eigenvalue weighted by atomic mass is 32.2. The van der Waals surface area contributed by atoms with Crippen molar-refractivity contribution in [3.63, 3.8) is 0 Å². The van der Waals surface area contributed by atoms with Crippen molar-refractivity contribution in [3.05, 3.63) is 12.2 Å². The minimum absolute atomic E-state index is 0.177. The topological polar surface area (TPSA) is 17.1 Å². The summed E-state index contributed by atoms with van der Waals surface area (Å²) in [5, 5.41) is 0.177. The number of carbonyl (C=O) groups excluding carboxylic acids is 1. The van der Waals surface area contributed by atoms with Crippen LogP contribution in [0.15, 0.2) is 12.2 Å². The molecule has 0 atom stereocenters. The van der Waals surface area contributed by atoms with E-state index < -0.39 is 0 Å². The van der Waals surface area contributed by atoms with Gasteiger partial charge in [-0.3, -0.25) is 4.79 Å². The molecular formula is C8H14OS. The van der Waals surface area contributed by atoms with Crippen LogP contribution < -0.4 is 0 Å². The fraction of sp³-hybridized carbons (Fsp3) is 0.625. The van der Waals surface area contributed by atoms with E-state index in [2.05, 4.69) is 6.92 Å². The second-order valence-electron chi connectivity index (χ2n) is 1.94. The van der Waals surface area contributed by atoms with E-state index in [0.29, 0.717) is 0 Å². The highest BCUT2D eigenvalue weighted by molar-refractivity contribution is 8.14. The SMILES string of the molecule is CCC/C=C/C(=O)SCC. The van der Waals surface area contributed by atoms with Gasteiger partial charge in [-0.15, -0.1) is 0 Å². The smallest absolute Gasteiger partial charge is 0.211 e. The minimum atomic E-state index is 0.177. The third kappa shape index (κ3) is 5.89. The Morgan fingerprint density at radius 3 is 2.70 bits per heavy atom. The monoisotopic (exact) mass is 158 g/mol. The summed E-state index contributed by atoms with van der Waals surface area (Å²) in [5.74, 6) is 0.870. The van der Waals surface area contributed by atoms with Gasteiger partial charge in [-0.05, 0) is 18.2 Å². The molecule has 10 heavy (non-hydrogen) atoms. The molecule has 0 saturated heterocycles. The molecule has 58 valence electrons. The molecular weight excluding hydrogens is 144 g/mol. The lowest BCUT2D eigenvalue weighted by Crippen LogP contribution is -1.83. The molecule has 0 unspecified atom stereocenters. The molecule has 0 aromatic carbocycles. The summed E-state index contributed by atoms with van der Waals surface area (Å²) in [6.45, 7) is 4.08. The lowest BCUT2D eigenvalue weighted by Gasteiger charge is -1.87. The van der Waals surface area contributed by atoms with Crippen LogP contribution in [0, 0.1) is 0 Å². The third-order valence-corrected chi connectivity index (χ3v) is 1.71. The van der Waals surface area contributed by atoms with Crippen LogP contribution in [0.25, 0.3) is 0 Å². The normalized spacial score (nSPS) is 10.6. The number of thioether (sulfide) groups is 1. The third-order valence-electron chi connectivity index (χ3n) is 0.996. The van der Waals surface area contributed by atoms with Crippen molar-refractivity contribution < 1.29 is 4.79 Å². The Morgan fingerprint density at radius 2 is 2.20 bits per heavy atom. The van der Waals surface area contributed by atoms with E-state index in [-0.39, 0.29) is 5.12 Å². The van der Waals surface area contributed by atoms with Crippen LogP contribution in [-0.2, 0) is 4.79 Å². The van der Waals surface area contributed by atoms with Crippen molar-refractivity contribution in [2.75, 3.05) is 5.75 Å². The van der Waals surface area contributed by atoms with Crippen LogP contribution in [-0.4, -0.2) is 10.9 Å². The molecule has 0 heterocycles. The summed E-state index contributed by atoms with van der Waals surface area (Å²) in [4.78, 5) is 10.8. The van der Waals surface area contributed by atoms with Gasteiger partial charge in [0.15, 0.2) is 0 Å². The molecule has 0 aliphatic rings. The van der Waals surface area contributed by atoms with E-state index in [1.807, 2.05) is 13.0 Å². The van der Waals surface area contributed by atoms with Crippen molar-refractivity contribution >= 4 is 16.9 Å². The van der Waals surface area contributed by atoms with Gasteiger partial charge in [0.1, 0.15) is 0 Å². The lowest BCUT2D eigenvalue weighted by atomic mass is 10.3. The zero-order valence-corrected chi connectivity index (χ0v) is 7.41. The molecule has 0 bridgehead atoms. The van der Waals surface area contributed by atoms with Crippen molar-refractivity contribution in [1.82, 2.24) is 0 Å². The van der Waals surface area contributed by atoms with Gasteiger partial charge in [-0.1, -0.05) is 38.1 Å². The van der Waals surface area contributed by atoms with E-state index >= 15 is 0 Å². The Labute approximate surface area is 66.9 Å². The maximum atomic E-state index is 10.8. The number of hydrogen-bond donors (Lipinski definition) is 0. The van der Waals surface area contributed by atoms with Gasteiger partial charge in [0.2, 0.25) is 5.12 Å². The molecule has 0 amide bonds. The maximum Gasteiger partial charge on any atom is 0.211 e. The molecule has 0 spiro atoms. The lowest BCUT2D eigenvalue weighted by molar-refractivity contribution is -0.107. The largest absolute Gasteiger partial charge is 0.282 e. The molecule has 0 saturated carbocycles. The molecule has 0 rings (SSSR count). The number of unbranched alkanes of at least 4 members (excludes halogenated alkanes) is 1. The summed E-state index contributed by atoms with van der Waals surface area (Å²) < 4.78 is 0. The van der Waals surface area contributed by atoms with E-state index in [1.54, 1.807) is 6.08 Å². The Bertz CT molecular complexity index is 118. The zero-order valence-electron chi connectivity index (χ0n) is 6.59. The first-order valence-corrected chi connectivity index (χ1v) is 4.63. The van der Waals surface area contributed by atoms with Gasteiger partial charge < -0.3 is 0 Å². The second-order valence-corrected chi connectivity index (χ2v) is 3.21. The molecule has 1 nitrogen and oxygen atoms in total. The first kappa shape index (κ1) is 9.76. The van der Waals surface area contributed by atoms with Crippen molar-refractivity contribution in [3.8, 4) is 0 Å². The molecule has 0 aromatic rings. The zero-order chi connectivity index (χ0) is 7.82. The van der Waals surface area contributed by atoms with Crippen molar-refractivity contribution in [2.24, 2.45) is 0 Å². The number of allylic oxidation sites excluding steroid dienone is 1. The summed E-state index contributed by atoms with van der Waals surface area (Å²) >= 11 is 1.36. The van der Waals surface area contributed by atoms with E-state index in [9.17, 15) is 4.79 Å². The van der Waals surface area contributed by atoms with E-state index in [1.165, 1.54) is 11.8 Å². The van der Waals surface area contributed by atoms with Crippen molar-refractivity contribution in [2.45, 2.75) is 26.7 Å². The highest BCUT2D eigenvalue weighted by Crippen LogP contribution is 2.01. The molecule has 2 heteroatoms. The van der Waals surface area contributed by atoms with Gasteiger partial charge in [-0.2, -0.15) is 0 Å². The molecule has 0 aliphatic heterocycles. The van der Waals surface area contributed by atoms with Gasteiger partial charge >= 0.3 is 0 Å². The van der Waals surface area contributed by atoms with Crippen LogP contribution in [0.4, 0.5) is 0 Å². The quantitative estimate of drug-likeness (QED) is 0.585. The number of carbonyl (C=O) groups is 1. The summed E-state index contributed by atoms with van der Waals surface area (Å²) in [6.07, 6.45) is 5.72. The fourth-order valence-electron chi connectivity index (χ4n) is 0.537. The highest BCUT2D eigenvalue weighted by Gasteiger charge is 1.91. The summed E-state index contributed by atoms with van der Waals surface area (Å²) in [6, 6.07) is 0. The Balaban J connectivity index is 3.36. The van der Waals surface area contributed by atoms with Gasteiger partial charge in [0, 0.05) is 0 Å². The van der Waals surface area contributed by atoms with Crippen LogP contribution >= 0.6 is 11.8 Å². The first-order valence-electron chi connectivity index (χ1n) is 3.64. The predicted octanol–water partition coefficient (Wildman–Crippen LogP) is 2.62. The molecule has 0 radical (unpaired) electrons. The standard InChI is InChI=1S/C8H14OS/c1-3-5-6-7-8(9)10-4-2/h6-7H,3-5H2,1-2H3/b7-6+. The van der Waals surface area contributed by atoms with E-state index in [0.717, 1.165) is 18.6 Å². The maximum absolute atomic E-state index is 10.8. The fourth-order valence-corrected chi connectivity index (χ4v) is 1.01. The van der Waals surface area contributed by atoms with Gasteiger partial charge in [-0.25, -0.2) is 0 Å². The Morgan fingerprint density at radius 1 is 1.50 bits per heavy atom. The van der Waals surface area contributed by atoms with Crippen LogP contribution in [0.2, 0.25) is 0 Å². The van der Waals surface area contributed by atoms with Crippen LogP contribution in [0.1, 0.15) is 26.7 Å². The average molecular weight is 158 g/mol. The van der Waals surface area contributed by atoms with Gasteiger partial charge in [0.25, 0.3) is 0 Å². The van der Waals surface area contributed by atoms with Crippen molar-refractivity contribution in [1.29, 1.82) is 0 Å². The minimum Gasteiger partial charge on any atom is -0.282 e. The summed E-state index contributed by atoms with van der Waals surface area (Å²) in [7, 11) is 0. The second kappa shape index (κ2) is 6.87. The van der Waals surface area contributed by atoms with E-state index in [4.69, 9.17) is 0 Å². The van der Waals surface area contributed by atoms with Crippen LogP contribution in [0.3, 0.4) is 0 Å². The van der Waals surface area contributed by atoms with Crippen LogP contribution in [0.5, 0.6) is 0 Å². The molecule has 0 aliphatic carbocycles. The first-order chi connectivity index (χ1) is 4.81. The molecule has 0 aromatic heterocycles. The molecule has 0 N–H and O–H groups in total. The Kier molecular flexibility index (Phi) is 6.71. The summed E-state index contributed by atoms with van der Waals surface area (Å²) in [5.41, 5.74) is 0. The average Bonchev–Trinajstić information content (AvgIpc) is 1.89. The Hall–Kier alpha value is -0.240. The molecule has 0 fully saturated rings. The number of rotatable bonds is 4. The van der Waals surface area contributed by atoms with Gasteiger partial charge in [0.05, 0.1) is 0 Å². The predicted molar refractivity (Wildman–Crippen MR) is 47.2 cm³/mol. The number of hydrogen-bond acceptors (Lipinski definition) is 2.